The van der Waals surface area contributed by atoms with Crippen LogP contribution in [-0.4, -0.2) is 38.2 Å². The third-order valence-corrected chi connectivity index (χ3v) is 6.08. The standard InChI is InChI=1S/C18H18N4O4S2/c1-3-19-16(23)14-11-13(9-10-15(14)26-2)28(24,25)22-18-21-20-17(27-18)12-7-5-4-6-8-12/h4-11H,3H2,1-2H3,(H,19,23)(H,21,22). The quantitative estimate of drug-likeness (QED) is 0.610. The molecule has 28 heavy (non-hydrogen) atoms. The molecule has 0 bridgehead atoms. The number of carbonyl (C=O) groups excluding carboxylic acids is 1. The van der Waals surface area contributed by atoms with Crippen LogP contribution in [0.2, 0.25) is 0 Å². The molecule has 0 unspecified atom stereocenters. The molecule has 3 aromatic rings. The molecule has 0 aliphatic heterocycles. The first-order valence-corrected chi connectivity index (χ1v) is 10.6. The van der Waals surface area contributed by atoms with Crippen molar-refractivity contribution in [2.24, 2.45) is 0 Å². The predicted molar refractivity (Wildman–Crippen MR) is 107 cm³/mol. The van der Waals surface area contributed by atoms with E-state index in [-0.39, 0.29) is 21.3 Å². The maximum atomic E-state index is 12.7. The number of nitrogens with one attached hydrogen (secondary N) is 2. The van der Waals surface area contributed by atoms with E-state index in [0.29, 0.717) is 11.6 Å². The molecule has 3 rings (SSSR count). The smallest absolute Gasteiger partial charge is 0.263 e. The highest BCUT2D eigenvalue weighted by molar-refractivity contribution is 7.93. The van der Waals surface area contributed by atoms with Gasteiger partial charge in [-0.1, -0.05) is 41.7 Å². The third-order valence-electron chi connectivity index (χ3n) is 3.73. The van der Waals surface area contributed by atoms with Gasteiger partial charge in [0.05, 0.1) is 17.6 Å². The topological polar surface area (TPSA) is 110 Å². The van der Waals surface area contributed by atoms with E-state index in [9.17, 15) is 13.2 Å². The van der Waals surface area contributed by atoms with Crippen molar-refractivity contribution < 1.29 is 17.9 Å². The molecule has 2 N–H and O–H groups in total. The van der Waals surface area contributed by atoms with Gasteiger partial charge in [-0.2, -0.15) is 0 Å². The molecule has 1 heterocycles. The summed E-state index contributed by atoms with van der Waals surface area (Å²) in [5, 5.41) is 11.3. The summed E-state index contributed by atoms with van der Waals surface area (Å²) in [4.78, 5) is 12.1. The van der Waals surface area contributed by atoms with E-state index in [1.54, 1.807) is 6.92 Å². The summed E-state index contributed by atoms with van der Waals surface area (Å²) in [5.74, 6) is -0.133. The first-order valence-electron chi connectivity index (χ1n) is 8.32. The first-order chi connectivity index (χ1) is 13.4. The number of hydrogen-bond acceptors (Lipinski definition) is 7. The number of amides is 1. The lowest BCUT2D eigenvalue weighted by Crippen LogP contribution is -2.24. The van der Waals surface area contributed by atoms with E-state index < -0.39 is 15.9 Å². The monoisotopic (exact) mass is 418 g/mol. The lowest BCUT2D eigenvalue weighted by molar-refractivity contribution is 0.0952. The Morgan fingerprint density at radius 3 is 2.57 bits per heavy atom. The summed E-state index contributed by atoms with van der Waals surface area (Å²) < 4.78 is 33.0. The van der Waals surface area contributed by atoms with Gasteiger partial charge in [0.2, 0.25) is 5.13 Å². The van der Waals surface area contributed by atoms with Crippen molar-refractivity contribution in [2.45, 2.75) is 11.8 Å². The van der Waals surface area contributed by atoms with Crippen molar-refractivity contribution in [1.82, 2.24) is 15.5 Å². The SMILES string of the molecule is CCNC(=O)c1cc(S(=O)(=O)Nc2nnc(-c3ccccc3)s2)ccc1OC. The Balaban J connectivity index is 1.88. The Labute approximate surface area is 166 Å². The van der Waals surface area contributed by atoms with Gasteiger partial charge in [-0.15, -0.1) is 10.2 Å². The van der Waals surface area contributed by atoms with Crippen LogP contribution >= 0.6 is 11.3 Å². The molecule has 8 nitrogen and oxygen atoms in total. The second-order valence-electron chi connectivity index (χ2n) is 5.61. The van der Waals surface area contributed by atoms with Crippen molar-refractivity contribution in [1.29, 1.82) is 0 Å². The first kappa shape index (κ1) is 19.8. The highest BCUT2D eigenvalue weighted by Crippen LogP contribution is 2.28. The van der Waals surface area contributed by atoms with Gasteiger partial charge in [0, 0.05) is 12.1 Å². The van der Waals surface area contributed by atoms with E-state index in [0.717, 1.165) is 16.9 Å². The van der Waals surface area contributed by atoms with Crippen LogP contribution in [0.25, 0.3) is 10.6 Å². The van der Waals surface area contributed by atoms with Crippen LogP contribution < -0.4 is 14.8 Å². The summed E-state index contributed by atoms with van der Waals surface area (Å²) in [6, 6.07) is 13.4. The predicted octanol–water partition coefficient (Wildman–Crippen LogP) is 2.76. The Bertz CT molecular complexity index is 1080. The average Bonchev–Trinajstić information content (AvgIpc) is 3.16. The van der Waals surface area contributed by atoms with Crippen molar-refractivity contribution in [3.8, 4) is 16.3 Å². The zero-order chi connectivity index (χ0) is 20.1. The fourth-order valence-corrected chi connectivity index (χ4v) is 4.43. The molecular formula is C18H18N4O4S2. The fraction of sp³-hybridized carbons (Fsp3) is 0.167. The van der Waals surface area contributed by atoms with Gasteiger partial charge in [-0.3, -0.25) is 9.52 Å². The number of hydrogen-bond donors (Lipinski definition) is 2. The number of anilines is 1. The number of nitrogens with zero attached hydrogens (tertiary/aromatic N) is 2. The van der Waals surface area contributed by atoms with Gasteiger partial charge in [0.25, 0.3) is 15.9 Å². The lowest BCUT2D eigenvalue weighted by Gasteiger charge is -2.11. The lowest BCUT2D eigenvalue weighted by atomic mass is 10.2. The Kier molecular flexibility index (Phi) is 5.90. The maximum Gasteiger partial charge on any atom is 0.263 e. The zero-order valence-electron chi connectivity index (χ0n) is 15.2. The van der Waals surface area contributed by atoms with Gasteiger partial charge in [0.1, 0.15) is 10.8 Å². The Morgan fingerprint density at radius 1 is 1.14 bits per heavy atom. The summed E-state index contributed by atoms with van der Waals surface area (Å²) >= 11 is 1.12. The second-order valence-corrected chi connectivity index (χ2v) is 8.27. The van der Waals surface area contributed by atoms with Crippen LogP contribution in [0.5, 0.6) is 5.75 Å². The van der Waals surface area contributed by atoms with E-state index in [2.05, 4.69) is 20.2 Å². The van der Waals surface area contributed by atoms with E-state index in [1.807, 2.05) is 30.3 Å². The summed E-state index contributed by atoms with van der Waals surface area (Å²) in [5.41, 5.74) is 0.975. The molecule has 1 aromatic heterocycles. The van der Waals surface area contributed by atoms with Crippen molar-refractivity contribution in [3.05, 3.63) is 54.1 Å². The number of aromatic nitrogens is 2. The molecule has 0 aliphatic carbocycles. The van der Waals surface area contributed by atoms with Crippen molar-refractivity contribution in [3.63, 3.8) is 0 Å². The van der Waals surface area contributed by atoms with E-state index in [1.165, 1.54) is 25.3 Å². The highest BCUT2D eigenvalue weighted by Gasteiger charge is 2.21. The van der Waals surface area contributed by atoms with Gasteiger partial charge < -0.3 is 10.1 Å². The van der Waals surface area contributed by atoms with Crippen LogP contribution in [0.3, 0.4) is 0 Å². The normalized spacial score (nSPS) is 11.1. The summed E-state index contributed by atoms with van der Waals surface area (Å²) in [7, 11) is -2.54. The van der Waals surface area contributed by atoms with Gasteiger partial charge in [-0.25, -0.2) is 8.42 Å². The molecule has 0 saturated carbocycles. The zero-order valence-corrected chi connectivity index (χ0v) is 16.8. The van der Waals surface area contributed by atoms with Crippen molar-refractivity contribution in [2.75, 3.05) is 18.4 Å². The van der Waals surface area contributed by atoms with Crippen LogP contribution in [0.4, 0.5) is 5.13 Å². The second kappa shape index (κ2) is 8.36. The minimum atomic E-state index is -3.96. The number of ether oxygens (including phenoxy) is 1. The van der Waals surface area contributed by atoms with Crippen LogP contribution in [0.15, 0.2) is 53.4 Å². The number of benzene rings is 2. The highest BCUT2D eigenvalue weighted by atomic mass is 32.2. The minimum absolute atomic E-state index is 0.0778. The van der Waals surface area contributed by atoms with Crippen molar-refractivity contribution >= 4 is 32.4 Å². The molecule has 1 amide bonds. The molecule has 0 radical (unpaired) electrons. The Morgan fingerprint density at radius 2 is 1.89 bits per heavy atom. The van der Waals surface area contributed by atoms with Crippen LogP contribution in [-0.2, 0) is 10.0 Å². The maximum absolute atomic E-state index is 12.7. The number of methoxy groups -OCH3 is 1. The third kappa shape index (κ3) is 4.29. The molecule has 0 aliphatic rings. The Hall–Kier alpha value is -2.98. The molecule has 146 valence electrons. The largest absolute Gasteiger partial charge is 0.496 e. The number of rotatable bonds is 7. The fourth-order valence-electron chi connectivity index (χ4n) is 2.42. The average molecular weight is 419 g/mol. The molecule has 2 aromatic carbocycles. The number of sulfonamides is 1. The van der Waals surface area contributed by atoms with Gasteiger partial charge in [-0.05, 0) is 25.1 Å². The summed E-state index contributed by atoms with van der Waals surface area (Å²) in [6.07, 6.45) is 0. The van der Waals surface area contributed by atoms with E-state index >= 15 is 0 Å². The minimum Gasteiger partial charge on any atom is -0.496 e. The molecule has 10 heteroatoms. The number of carbonyl (C=O) groups is 1. The molecule has 0 spiro atoms. The molecule has 0 atom stereocenters. The molecule has 0 fully saturated rings. The van der Waals surface area contributed by atoms with Gasteiger partial charge in [0.15, 0.2) is 0 Å². The molecule has 0 saturated heterocycles. The van der Waals surface area contributed by atoms with E-state index in [4.69, 9.17) is 4.74 Å². The molecular weight excluding hydrogens is 400 g/mol. The summed E-state index contributed by atoms with van der Waals surface area (Å²) in [6.45, 7) is 2.18. The van der Waals surface area contributed by atoms with Crippen LogP contribution in [0.1, 0.15) is 17.3 Å². The van der Waals surface area contributed by atoms with Crippen LogP contribution in [0, 0.1) is 0 Å². The van der Waals surface area contributed by atoms with Gasteiger partial charge >= 0.3 is 0 Å².